The molecule has 0 saturated carbocycles. The number of hydrogen-bond donors (Lipinski definition) is 3. The van der Waals surface area contributed by atoms with Crippen molar-refractivity contribution in [3.05, 3.63) is 36.0 Å². The predicted molar refractivity (Wildman–Crippen MR) is 93.8 cm³/mol. The van der Waals surface area contributed by atoms with Gasteiger partial charge in [0.15, 0.2) is 0 Å². The zero-order valence-corrected chi connectivity index (χ0v) is 14.7. The average Bonchev–Trinajstić information content (AvgIpc) is 2.42. The Hall–Kier alpha value is -1.42. The zero-order chi connectivity index (χ0) is 15.5. The van der Waals surface area contributed by atoms with E-state index in [-0.39, 0.29) is 0 Å². The lowest BCUT2D eigenvalue weighted by molar-refractivity contribution is 0.686. The molecular formula is C13H16IN5OS. The summed E-state index contributed by atoms with van der Waals surface area (Å²) in [4.78, 5) is 9.12. The number of anilines is 3. The van der Waals surface area contributed by atoms with Crippen LogP contribution in [0.3, 0.4) is 0 Å². The average molecular weight is 417 g/mol. The number of hydrogen-bond acceptors (Lipinski definition) is 6. The van der Waals surface area contributed by atoms with Gasteiger partial charge in [-0.1, -0.05) is 0 Å². The van der Waals surface area contributed by atoms with Gasteiger partial charge < -0.3 is 10.6 Å². The molecule has 1 aromatic heterocycles. The Kier molecular flexibility index (Phi) is 4.99. The van der Waals surface area contributed by atoms with E-state index in [4.69, 9.17) is 4.78 Å². The molecule has 0 amide bonds. The summed E-state index contributed by atoms with van der Waals surface area (Å²) in [6.07, 6.45) is 1.75. The summed E-state index contributed by atoms with van der Waals surface area (Å²) in [5.41, 5.74) is 1.77. The van der Waals surface area contributed by atoms with E-state index in [1.165, 1.54) is 0 Å². The molecule has 3 N–H and O–H groups in total. The van der Waals surface area contributed by atoms with Crippen LogP contribution in [0.4, 0.5) is 17.5 Å². The Bertz CT molecular complexity index is 731. The van der Waals surface area contributed by atoms with Crippen molar-refractivity contribution in [2.75, 3.05) is 17.2 Å². The van der Waals surface area contributed by atoms with E-state index < -0.39 is 6.90 Å². The molecule has 0 aliphatic carbocycles. The lowest BCUT2D eigenvalue weighted by Crippen LogP contribution is -2.05. The van der Waals surface area contributed by atoms with E-state index in [1.54, 1.807) is 51.7 Å². The number of rotatable bonds is 5. The van der Waals surface area contributed by atoms with Crippen LogP contribution >= 0.6 is 21.2 Å². The molecule has 0 aliphatic heterocycles. The highest BCUT2D eigenvalue weighted by molar-refractivity contribution is 14.2. The molecule has 21 heavy (non-hydrogen) atoms. The summed E-state index contributed by atoms with van der Waals surface area (Å²) in [5, 5.41) is 6.27. The standard InChI is InChI=1S/C13H16IN5OS/c1-3-16-12-9(2)8-17-13(19-12)18-10-4-6-11(7-5-10)21(14,15)20/h4-8,15H,3H2,1-2H3,(H2,16,17,18,19). The van der Waals surface area contributed by atoms with E-state index in [9.17, 15) is 4.21 Å². The molecule has 1 atom stereocenters. The summed E-state index contributed by atoms with van der Waals surface area (Å²) < 4.78 is 19.1. The van der Waals surface area contributed by atoms with Crippen LogP contribution in [0.15, 0.2) is 35.4 Å². The van der Waals surface area contributed by atoms with Crippen LogP contribution in [-0.2, 0) is 6.90 Å². The second kappa shape index (κ2) is 6.56. The topological polar surface area (TPSA) is 90.8 Å². The number of aryl methyl sites for hydroxylation is 1. The van der Waals surface area contributed by atoms with Crippen molar-refractivity contribution in [1.29, 1.82) is 4.78 Å². The first-order valence-corrected chi connectivity index (χ1v) is 10.4. The summed E-state index contributed by atoms with van der Waals surface area (Å²) >= 11 is 1.64. The van der Waals surface area contributed by atoms with Gasteiger partial charge in [-0.05, 0) is 38.1 Å². The Balaban J connectivity index is 2.20. The van der Waals surface area contributed by atoms with Gasteiger partial charge in [0.1, 0.15) is 12.7 Å². The number of aromatic nitrogens is 2. The number of halogens is 1. The number of nitrogens with zero attached hydrogens (tertiary/aromatic N) is 2. The molecule has 0 saturated heterocycles. The first kappa shape index (κ1) is 16.0. The second-order valence-electron chi connectivity index (χ2n) is 4.39. The quantitative estimate of drug-likeness (QED) is 0.510. The van der Waals surface area contributed by atoms with E-state index in [2.05, 4.69) is 20.6 Å². The third-order valence-corrected chi connectivity index (χ3v) is 5.13. The van der Waals surface area contributed by atoms with E-state index in [0.29, 0.717) is 10.8 Å². The van der Waals surface area contributed by atoms with E-state index >= 15 is 0 Å². The van der Waals surface area contributed by atoms with Crippen molar-refractivity contribution >= 4 is 45.6 Å². The molecule has 1 heterocycles. The minimum absolute atomic E-state index is 0.491. The molecule has 2 rings (SSSR count). The minimum atomic E-state index is -2.71. The molecule has 0 radical (unpaired) electrons. The highest BCUT2D eigenvalue weighted by atomic mass is 127. The fourth-order valence-electron chi connectivity index (χ4n) is 1.69. The molecule has 112 valence electrons. The molecule has 2 aromatic rings. The molecular weight excluding hydrogens is 401 g/mol. The summed E-state index contributed by atoms with van der Waals surface area (Å²) in [7, 11) is 0. The lowest BCUT2D eigenvalue weighted by Gasteiger charge is -2.10. The third kappa shape index (κ3) is 4.27. The normalized spacial score (nSPS) is 13.5. The van der Waals surface area contributed by atoms with Crippen molar-refractivity contribution in [3.8, 4) is 0 Å². The van der Waals surface area contributed by atoms with Gasteiger partial charge in [-0.25, -0.2) is 14.0 Å². The molecule has 0 bridgehead atoms. The van der Waals surface area contributed by atoms with Crippen LogP contribution in [0, 0.1) is 11.7 Å². The monoisotopic (exact) mass is 417 g/mol. The van der Waals surface area contributed by atoms with Crippen molar-refractivity contribution in [2.45, 2.75) is 18.7 Å². The molecule has 6 nitrogen and oxygen atoms in total. The van der Waals surface area contributed by atoms with E-state index in [0.717, 1.165) is 23.6 Å². The van der Waals surface area contributed by atoms with E-state index in [1.807, 2.05) is 13.8 Å². The Morgan fingerprint density at radius 2 is 2.00 bits per heavy atom. The number of benzene rings is 1. The van der Waals surface area contributed by atoms with Crippen molar-refractivity contribution in [2.24, 2.45) is 0 Å². The maximum absolute atomic E-state index is 11.6. The van der Waals surface area contributed by atoms with Gasteiger partial charge in [0.25, 0.3) is 0 Å². The molecule has 0 fully saturated rings. The summed E-state index contributed by atoms with van der Waals surface area (Å²) in [6, 6.07) is 6.86. The SMILES string of the molecule is CCNc1nc(Nc2ccc(S(=N)(=O)I)cc2)ncc1C. The largest absolute Gasteiger partial charge is 0.370 e. The van der Waals surface area contributed by atoms with Crippen molar-refractivity contribution in [3.63, 3.8) is 0 Å². The smallest absolute Gasteiger partial charge is 0.229 e. The maximum atomic E-state index is 11.6. The minimum Gasteiger partial charge on any atom is -0.370 e. The van der Waals surface area contributed by atoms with Crippen LogP contribution in [0.25, 0.3) is 0 Å². The van der Waals surface area contributed by atoms with Gasteiger partial charge in [0.05, 0.1) is 4.90 Å². The highest BCUT2D eigenvalue weighted by Gasteiger charge is 2.06. The van der Waals surface area contributed by atoms with Crippen molar-refractivity contribution in [1.82, 2.24) is 9.97 Å². The molecule has 1 aromatic carbocycles. The van der Waals surface area contributed by atoms with Gasteiger partial charge in [-0.3, -0.25) is 0 Å². The second-order valence-corrected chi connectivity index (χ2v) is 9.56. The van der Waals surface area contributed by atoms with Gasteiger partial charge in [0, 0.05) is 45.2 Å². The molecule has 0 aliphatic rings. The third-order valence-electron chi connectivity index (χ3n) is 2.73. The summed E-state index contributed by atoms with van der Waals surface area (Å²) in [6.45, 7) is 2.04. The lowest BCUT2D eigenvalue weighted by atomic mass is 10.3. The highest BCUT2D eigenvalue weighted by Crippen LogP contribution is 2.22. The summed E-state index contributed by atoms with van der Waals surface area (Å²) in [5.74, 6) is 1.29. The fourth-order valence-corrected chi connectivity index (χ4v) is 3.06. The fraction of sp³-hybridized carbons (Fsp3) is 0.231. The molecule has 1 unspecified atom stereocenters. The van der Waals surface area contributed by atoms with Gasteiger partial charge in [-0.2, -0.15) is 4.98 Å². The van der Waals surface area contributed by atoms with Crippen molar-refractivity contribution < 1.29 is 4.21 Å². The van der Waals surface area contributed by atoms with Crippen LogP contribution < -0.4 is 10.6 Å². The predicted octanol–water partition coefficient (Wildman–Crippen LogP) is 3.72. The molecule has 0 spiro atoms. The van der Waals surface area contributed by atoms with Crippen LogP contribution in [0.1, 0.15) is 12.5 Å². The Morgan fingerprint density at radius 1 is 1.33 bits per heavy atom. The first-order chi connectivity index (χ1) is 9.90. The van der Waals surface area contributed by atoms with Gasteiger partial charge >= 0.3 is 0 Å². The number of nitrogens with one attached hydrogen (secondary N) is 3. The van der Waals surface area contributed by atoms with Crippen LogP contribution in [0.2, 0.25) is 0 Å². The molecule has 8 heteroatoms. The zero-order valence-electron chi connectivity index (χ0n) is 11.7. The Morgan fingerprint density at radius 3 is 2.57 bits per heavy atom. The van der Waals surface area contributed by atoms with Gasteiger partial charge in [0.2, 0.25) is 5.95 Å². The van der Waals surface area contributed by atoms with Crippen LogP contribution in [0.5, 0.6) is 0 Å². The maximum Gasteiger partial charge on any atom is 0.229 e. The van der Waals surface area contributed by atoms with Crippen LogP contribution in [-0.4, -0.2) is 20.7 Å². The van der Waals surface area contributed by atoms with Gasteiger partial charge in [-0.15, -0.1) is 0 Å². The Labute approximate surface area is 136 Å². The first-order valence-electron chi connectivity index (χ1n) is 6.33.